The normalized spacial score (nSPS) is 15.9. The Balaban J connectivity index is 1.92. The number of hydrogen-bond acceptors (Lipinski definition) is 3. The number of amides is 1. The number of ether oxygens (including phenoxy) is 1. The van der Waals surface area contributed by atoms with Crippen molar-refractivity contribution < 1.29 is 9.53 Å². The van der Waals surface area contributed by atoms with Crippen molar-refractivity contribution >= 4 is 5.91 Å². The lowest BCUT2D eigenvalue weighted by molar-refractivity contribution is -0.121. The fourth-order valence-electron chi connectivity index (χ4n) is 1.39. The highest BCUT2D eigenvalue weighted by atomic mass is 16.5. The van der Waals surface area contributed by atoms with Crippen molar-refractivity contribution in [3.05, 3.63) is 0 Å². The Bertz CT molecular complexity index is 238. The van der Waals surface area contributed by atoms with Gasteiger partial charge < -0.3 is 15.4 Å². The summed E-state index contributed by atoms with van der Waals surface area (Å²) in [6.45, 7) is 8.83. The molecule has 17 heavy (non-hydrogen) atoms. The van der Waals surface area contributed by atoms with Crippen LogP contribution in [0.5, 0.6) is 0 Å². The highest BCUT2D eigenvalue weighted by molar-refractivity contribution is 5.78. The van der Waals surface area contributed by atoms with Gasteiger partial charge in [-0.1, -0.05) is 6.92 Å². The summed E-state index contributed by atoms with van der Waals surface area (Å²) in [7, 11) is 0. The third kappa shape index (κ3) is 7.34. The van der Waals surface area contributed by atoms with E-state index in [4.69, 9.17) is 4.74 Å². The fourth-order valence-corrected chi connectivity index (χ4v) is 1.39. The number of hydrogen-bond donors (Lipinski definition) is 2. The first-order valence-electron chi connectivity index (χ1n) is 6.63. The predicted molar refractivity (Wildman–Crippen MR) is 68.9 cm³/mol. The number of rotatable bonds is 9. The van der Waals surface area contributed by atoms with Gasteiger partial charge in [-0.05, 0) is 39.0 Å². The molecule has 0 bridgehead atoms. The summed E-state index contributed by atoms with van der Waals surface area (Å²) in [5.41, 5.74) is -0.110. The topological polar surface area (TPSA) is 50.4 Å². The molecule has 0 aromatic rings. The summed E-state index contributed by atoms with van der Waals surface area (Å²) >= 11 is 0. The minimum absolute atomic E-state index is 0.0547. The second-order valence-corrected chi connectivity index (χ2v) is 5.48. The Morgan fingerprint density at radius 1 is 1.41 bits per heavy atom. The van der Waals surface area contributed by atoms with Crippen LogP contribution in [0.4, 0.5) is 0 Å². The summed E-state index contributed by atoms with van der Waals surface area (Å²) in [5.74, 6) is 0.864. The molecule has 4 heteroatoms. The Labute approximate surface area is 104 Å². The first kappa shape index (κ1) is 14.5. The minimum atomic E-state index is -0.110. The molecule has 0 aromatic carbocycles. The maximum absolute atomic E-state index is 11.6. The lowest BCUT2D eigenvalue weighted by atomic mass is 10.0. The van der Waals surface area contributed by atoms with E-state index in [1.807, 2.05) is 13.8 Å². The van der Waals surface area contributed by atoms with E-state index < -0.39 is 0 Å². The summed E-state index contributed by atoms with van der Waals surface area (Å²) in [6.07, 6.45) is 3.58. The van der Waals surface area contributed by atoms with E-state index in [1.54, 1.807) is 0 Å². The zero-order valence-corrected chi connectivity index (χ0v) is 11.3. The van der Waals surface area contributed by atoms with Crippen molar-refractivity contribution in [2.24, 2.45) is 5.92 Å². The van der Waals surface area contributed by atoms with Crippen LogP contribution in [-0.2, 0) is 9.53 Å². The highest BCUT2D eigenvalue weighted by Gasteiger charge is 2.21. The van der Waals surface area contributed by atoms with Crippen LogP contribution in [0.25, 0.3) is 0 Å². The quantitative estimate of drug-likeness (QED) is 0.599. The van der Waals surface area contributed by atoms with Crippen LogP contribution in [0.3, 0.4) is 0 Å². The monoisotopic (exact) mass is 242 g/mol. The minimum Gasteiger partial charge on any atom is -0.380 e. The van der Waals surface area contributed by atoms with E-state index in [0.717, 1.165) is 25.5 Å². The maximum atomic E-state index is 11.6. The van der Waals surface area contributed by atoms with E-state index in [1.165, 1.54) is 12.8 Å². The molecule has 1 saturated carbocycles. The van der Waals surface area contributed by atoms with Crippen molar-refractivity contribution in [2.45, 2.75) is 45.6 Å². The van der Waals surface area contributed by atoms with E-state index in [9.17, 15) is 4.79 Å². The van der Waals surface area contributed by atoms with Crippen molar-refractivity contribution in [1.82, 2.24) is 10.6 Å². The second kappa shape index (κ2) is 6.97. The van der Waals surface area contributed by atoms with Gasteiger partial charge in [-0.25, -0.2) is 0 Å². The number of carbonyl (C=O) groups excluding carboxylic acids is 1. The second-order valence-electron chi connectivity index (χ2n) is 5.48. The van der Waals surface area contributed by atoms with Gasteiger partial charge in [0.15, 0.2) is 0 Å². The standard InChI is InChI=1S/C13H26N2O2/c1-4-13(2,3)15-12(16)9-14-7-8-17-10-11-5-6-11/h11,14H,4-10H2,1-3H3,(H,15,16). The molecule has 4 nitrogen and oxygen atoms in total. The first-order valence-corrected chi connectivity index (χ1v) is 6.63. The summed E-state index contributed by atoms with van der Waals surface area (Å²) < 4.78 is 5.47. The van der Waals surface area contributed by atoms with Crippen molar-refractivity contribution in [1.29, 1.82) is 0 Å². The summed E-state index contributed by atoms with van der Waals surface area (Å²) in [6, 6.07) is 0. The van der Waals surface area contributed by atoms with E-state index in [0.29, 0.717) is 13.2 Å². The van der Waals surface area contributed by atoms with E-state index in [2.05, 4.69) is 17.6 Å². The lowest BCUT2D eigenvalue weighted by Crippen LogP contribution is -2.46. The largest absolute Gasteiger partial charge is 0.380 e. The van der Waals surface area contributed by atoms with Gasteiger partial charge in [-0.2, -0.15) is 0 Å². The summed E-state index contributed by atoms with van der Waals surface area (Å²) in [4.78, 5) is 11.6. The molecule has 0 heterocycles. The van der Waals surface area contributed by atoms with E-state index in [-0.39, 0.29) is 11.4 Å². The highest BCUT2D eigenvalue weighted by Crippen LogP contribution is 2.28. The van der Waals surface area contributed by atoms with Gasteiger partial charge in [0.2, 0.25) is 5.91 Å². The third-order valence-corrected chi connectivity index (χ3v) is 3.12. The van der Waals surface area contributed by atoms with E-state index >= 15 is 0 Å². The molecular weight excluding hydrogens is 216 g/mol. The molecule has 0 spiro atoms. The van der Waals surface area contributed by atoms with Gasteiger partial charge in [-0.3, -0.25) is 4.79 Å². The van der Waals surface area contributed by atoms with Crippen molar-refractivity contribution in [3.63, 3.8) is 0 Å². The number of carbonyl (C=O) groups is 1. The van der Waals surface area contributed by atoms with Gasteiger partial charge in [0.1, 0.15) is 0 Å². The van der Waals surface area contributed by atoms with Crippen LogP contribution in [0.1, 0.15) is 40.0 Å². The van der Waals surface area contributed by atoms with Crippen molar-refractivity contribution in [3.8, 4) is 0 Å². The molecule has 100 valence electrons. The molecule has 1 aliphatic rings. The molecule has 1 aliphatic carbocycles. The molecule has 0 atom stereocenters. The zero-order valence-electron chi connectivity index (χ0n) is 11.3. The molecule has 1 rings (SSSR count). The first-order chi connectivity index (χ1) is 8.03. The van der Waals surface area contributed by atoms with Crippen LogP contribution in [0.2, 0.25) is 0 Å². The van der Waals surface area contributed by atoms with Gasteiger partial charge >= 0.3 is 0 Å². The van der Waals surface area contributed by atoms with Gasteiger partial charge in [-0.15, -0.1) is 0 Å². The molecule has 0 saturated heterocycles. The molecular formula is C13H26N2O2. The van der Waals surface area contributed by atoms with Crippen LogP contribution in [0.15, 0.2) is 0 Å². The van der Waals surface area contributed by atoms with Crippen LogP contribution >= 0.6 is 0 Å². The molecule has 1 amide bonds. The van der Waals surface area contributed by atoms with Gasteiger partial charge in [0.25, 0.3) is 0 Å². The van der Waals surface area contributed by atoms with Crippen LogP contribution in [-0.4, -0.2) is 37.7 Å². The Morgan fingerprint density at radius 3 is 2.71 bits per heavy atom. The fraction of sp³-hybridized carbons (Fsp3) is 0.923. The average Bonchev–Trinajstić information content (AvgIpc) is 3.06. The van der Waals surface area contributed by atoms with Gasteiger partial charge in [0.05, 0.1) is 13.2 Å². The molecule has 0 aliphatic heterocycles. The van der Waals surface area contributed by atoms with Gasteiger partial charge in [0, 0.05) is 18.7 Å². The Morgan fingerprint density at radius 2 is 2.12 bits per heavy atom. The zero-order chi connectivity index (χ0) is 12.7. The summed E-state index contributed by atoms with van der Waals surface area (Å²) in [5, 5.41) is 6.07. The Hall–Kier alpha value is -0.610. The van der Waals surface area contributed by atoms with Crippen LogP contribution < -0.4 is 10.6 Å². The third-order valence-electron chi connectivity index (χ3n) is 3.12. The molecule has 0 unspecified atom stereocenters. The smallest absolute Gasteiger partial charge is 0.234 e. The molecule has 2 N–H and O–H groups in total. The van der Waals surface area contributed by atoms with Crippen molar-refractivity contribution in [2.75, 3.05) is 26.3 Å². The maximum Gasteiger partial charge on any atom is 0.234 e. The van der Waals surface area contributed by atoms with Crippen LogP contribution in [0, 0.1) is 5.92 Å². The predicted octanol–water partition coefficient (Wildman–Crippen LogP) is 1.31. The Kier molecular flexibility index (Phi) is 5.92. The molecule has 0 aromatic heterocycles. The number of nitrogens with one attached hydrogen (secondary N) is 2. The molecule has 1 fully saturated rings. The SMILES string of the molecule is CCC(C)(C)NC(=O)CNCCOCC1CC1. The average molecular weight is 242 g/mol. The molecule has 0 radical (unpaired) electrons. The lowest BCUT2D eigenvalue weighted by Gasteiger charge is -2.24.